The maximum Gasteiger partial charge on any atom is 0.135 e. The molecular weight excluding hydrogens is 388 g/mol. The van der Waals surface area contributed by atoms with Crippen molar-refractivity contribution in [3.63, 3.8) is 0 Å². The van der Waals surface area contributed by atoms with Gasteiger partial charge in [-0.3, -0.25) is 0 Å². The van der Waals surface area contributed by atoms with Gasteiger partial charge < -0.3 is 4.42 Å². The first-order valence-electron chi connectivity index (χ1n) is 11.3. The highest BCUT2D eigenvalue weighted by molar-refractivity contribution is 6.06. The van der Waals surface area contributed by atoms with E-state index in [1.165, 1.54) is 43.8 Å². The molecule has 1 atom stereocenters. The van der Waals surface area contributed by atoms with Crippen LogP contribution in [0.4, 0.5) is 0 Å². The minimum Gasteiger partial charge on any atom is -0.456 e. The lowest BCUT2D eigenvalue weighted by Gasteiger charge is -2.19. The van der Waals surface area contributed by atoms with Crippen molar-refractivity contribution in [3.05, 3.63) is 120 Å². The third kappa shape index (κ3) is 3.09. The van der Waals surface area contributed by atoms with Gasteiger partial charge in [0.05, 0.1) is 0 Å². The van der Waals surface area contributed by atoms with Crippen LogP contribution in [0.3, 0.4) is 0 Å². The van der Waals surface area contributed by atoms with Crippen molar-refractivity contribution in [3.8, 4) is 11.1 Å². The van der Waals surface area contributed by atoms with Crippen molar-refractivity contribution in [2.45, 2.75) is 19.3 Å². The molecule has 0 N–H and O–H groups in total. The van der Waals surface area contributed by atoms with E-state index in [4.69, 9.17) is 4.42 Å². The number of hydrogen-bond donors (Lipinski definition) is 0. The van der Waals surface area contributed by atoms with Crippen LogP contribution in [0.15, 0.2) is 114 Å². The molecule has 0 saturated heterocycles. The van der Waals surface area contributed by atoms with E-state index in [0.29, 0.717) is 5.92 Å². The Morgan fingerprint density at radius 2 is 1.28 bits per heavy atom. The molecule has 6 rings (SSSR count). The zero-order valence-corrected chi connectivity index (χ0v) is 18.1. The maximum absolute atomic E-state index is 5.99. The summed E-state index contributed by atoms with van der Waals surface area (Å²) in [5, 5.41) is 5.00. The Kier molecular flexibility index (Phi) is 4.54. The van der Waals surface area contributed by atoms with E-state index < -0.39 is 0 Å². The second-order valence-electron chi connectivity index (χ2n) is 8.46. The summed E-state index contributed by atoms with van der Waals surface area (Å²) in [6, 6.07) is 39.2. The Labute approximate surface area is 187 Å². The minimum absolute atomic E-state index is 0.385. The first-order chi connectivity index (χ1) is 15.8. The van der Waals surface area contributed by atoms with E-state index in [1.54, 1.807) is 0 Å². The summed E-state index contributed by atoms with van der Waals surface area (Å²) in [6.45, 7) is 2.28. The first kappa shape index (κ1) is 18.9. The number of benzene rings is 5. The van der Waals surface area contributed by atoms with Crippen LogP contribution in [0, 0.1) is 0 Å². The van der Waals surface area contributed by atoms with Gasteiger partial charge in [-0.15, -0.1) is 0 Å². The van der Waals surface area contributed by atoms with Crippen LogP contribution >= 0.6 is 0 Å². The van der Waals surface area contributed by atoms with Crippen molar-refractivity contribution in [1.29, 1.82) is 0 Å². The van der Waals surface area contributed by atoms with Gasteiger partial charge in [0.1, 0.15) is 11.2 Å². The molecule has 32 heavy (non-hydrogen) atoms. The molecule has 0 spiro atoms. The summed E-state index contributed by atoms with van der Waals surface area (Å²) in [5.74, 6) is 0.385. The topological polar surface area (TPSA) is 13.1 Å². The smallest absolute Gasteiger partial charge is 0.135 e. The van der Waals surface area contributed by atoms with Crippen LogP contribution in [-0.4, -0.2) is 0 Å². The van der Waals surface area contributed by atoms with Crippen molar-refractivity contribution in [2.24, 2.45) is 0 Å². The Morgan fingerprint density at radius 3 is 2.12 bits per heavy atom. The Hall–Kier alpha value is -3.84. The summed E-state index contributed by atoms with van der Waals surface area (Å²) in [7, 11) is 0. The molecule has 0 aliphatic carbocycles. The fourth-order valence-corrected chi connectivity index (χ4v) is 5.00. The number of hydrogen-bond acceptors (Lipinski definition) is 1. The zero-order chi connectivity index (χ0) is 21.5. The van der Waals surface area contributed by atoms with Gasteiger partial charge >= 0.3 is 0 Å². The Morgan fingerprint density at radius 1 is 0.594 bits per heavy atom. The van der Waals surface area contributed by atoms with Crippen LogP contribution in [-0.2, 0) is 0 Å². The highest BCUT2D eigenvalue weighted by Crippen LogP contribution is 2.35. The SMILES string of the molecule is CCC(c1ccc(-c2ccc3oc4ccccc4c3c2)cc1)c1cccc2ccccc12. The van der Waals surface area contributed by atoms with E-state index in [0.717, 1.165) is 17.6 Å². The third-order valence-corrected chi connectivity index (χ3v) is 6.63. The molecule has 0 aliphatic heterocycles. The lowest BCUT2D eigenvalue weighted by Crippen LogP contribution is -2.00. The molecule has 1 unspecified atom stereocenters. The molecule has 154 valence electrons. The fourth-order valence-electron chi connectivity index (χ4n) is 5.00. The summed E-state index contributed by atoms with van der Waals surface area (Å²) in [5.41, 5.74) is 7.10. The molecule has 1 heteroatoms. The van der Waals surface area contributed by atoms with Crippen LogP contribution < -0.4 is 0 Å². The van der Waals surface area contributed by atoms with Gasteiger partial charge in [-0.05, 0) is 57.6 Å². The second kappa shape index (κ2) is 7.69. The third-order valence-electron chi connectivity index (χ3n) is 6.63. The van der Waals surface area contributed by atoms with E-state index in [1.807, 2.05) is 12.1 Å². The number of fused-ring (bicyclic) bond motifs is 4. The fraction of sp³-hybridized carbons (Fsp3) is 0.0968. The van der Waals surface area contributed by atoms with E-state index in [9.17, 15) is 0 Å². The van der Waals surface area contributed by atoms with E-state index in [2.05, 4.69) is 104 Å². The summed E-state index contributed by atoms with van der Waals surface area (Å²) in [4.78, 5) is 0. The van der Waals surface area contributed by atoms with Gasteiger partial charge in [0.15, 0.2) is 0 Å². The van der Waals surface area contributed by atoms with Crippen LogP contribution in [0.1, 0.15) is 30.4 Å². The molecule has 1 heterocycles. The average molecular weight is 413 g/mol. The first-order valence-corrected chi connectivity index (χ1v) is 11.3. The van der Waals surface area contributed by atoms with Crippen LogP contribution in [0.25, 0.3) is 43.8 Å². The van der Waals surface area contributed by atoms with Crippen molar-refractivity contribution in [2.75, 3.05) is 0 Å². The molecular formula is C31H24O. The quantitative estimate of drug-likeness (QED) is 0.282. The van der Waals surface area contributed by atoms with Crippen molar-refractivity contribution in [1.82, 2.24) is 0 Å². The summed E-state index contributed by atoms with van der Waals surface area (Å²) >= 11 is 0. The van der Waals surface area contributed by atoms with Gasteiger partial charge in [0.2, 0.25) is 0 Å². The molecule has 0 radical (unpaired) electrons. The summed E-state index contributed by atoms with van der Waals surface area (Å²) < 4.78 is 5.99. The summed E-state index contributed by atoms with van der Waals surface area (Å²) in [6.07, 6.45) is 1.07. The van der Waals surface area contributed by atoms with E-state index in [-0.39, 0.29) is 0 Å². The highest BCUT2D eigenvalue weighted by atomic mass is 16.3. The van der Waals surface area contributed by atoms with Gasteiger partial charge in [-0.25, -0.2) is 0 Å². The molecule has 0 amide bonds. The maximum atomic E-state index is 5.99. The Balaban J connectivity index is 1.39. The van der Waals surface area contributed by atoms with Gasteiger partial charge in [-0.1, -0.05) is 97.9 Å². The minimum atomic E-state index is 0.385. The van der Waals surface area contributed by atoms with Crippen LogP contribution in [0.5, 0.6) is 0 Å². The normalized spacial score (nSPS) is 12.5. The van der Waals surface area contributed by atoms with Crippen LogP contribution in [0.2, 0.25) is 0 Å². The number of para-hydroxylation sites is 1. The standard InChI is InChI=1S/C31H24O/c1-2-25(27-12-7-9-22-8-3-4-10-26(22)27)23-16-14-21(15-17-23)24-18-19-31-29(20-24)28-11-5-6-13-30(28)32-31/h3-20,25H,2H2,1H3. The molecule has 0 aliphatic rings. The number of furan rings is 1. The van der Waals surface area contributed by atoms with E-state index >= 15 is 0 Å². The number of rotatable bonds is 4. The molecule has 1 aromatic heterocycles. The molecule has 1 nitrogen and oxygen atoms in total. The van der Waals surface area contributed by atoms with Gasteiger partial charge in [0, 0.05) is 16.7 Å². The predicted octanol–water partition coefficient (Wildman–Crippen LogP) is 8.95. The molecule has 6 aromatic rings. The van der Waals surface area contributed by atoms with Crippen molar-refractivity contribution >= 4 is 32.7 Å². The Bertz CT molecular complexity index is 1550. The van der Waals surface area contributed by atoms with Crippen molar-refractivity contribution < 1.29 is 4.42 Å². The average Bonchev–Trinajstić information content (AvgIpc) is 3.23. The van der Waals surface area contributed by atoms with Gasteiger partial charge in [-0.2, -0.15) is 0 Å². The van der Waals surface area contributed by atoms with Gasteiger partial charge in [0.25, 0.3) is 0 Å². The monoisotopic (exact) mass is 412 g/mol. The predicted molar refractivity (Wildman–Crippen MR) is 135 cm³/mol. The highest BCUT2D eigenvalue weighted by Gasteiger charge is 2.15. The largest absolute Gasteiger partial charge is 0.456 e. The zero-order valence-electron chi connectivity index (χ0n) is 18.1. The second-order valence-corrected chi connectivity index (χ2v) is 8.46. The molecule has 0 bridgehead atoms. The lowest BCUT2D eigenvalue weighted by atomic mass is 9.85. The molecule has 5 aromatic carbocycles. The molecule has 0 fully saturated rings. The molecule has 0 saturated carbocycles. The lowest BCUT2D eigenvalue weighted by molar-refractivity contribution is 0.669.